The van der Waals surface area contributed by atoms with Crippen molar-refractivity contribution in [1.82, 2.24) is 5.43 Å². The first-order valence-electron chi connectivity index (χ1n) is 7.01. The van der Waals surface area contributed by atoms with Gasteiger partial charge in [0, 0.05) is 9.61 Å². The Bertz CT molecular complexity index is 367. The van der Waals surface area contributed by atoms with Crippen LogP contribution in [0.4, 0.5) is 0 Å². The van der Waals surface area contributed by atoms with Crippen LogP contribution in [0.5, 0.6) is 0 Å². The maximum Gasteiger partial charge on any atom is 0.0253 e. The first kappa shape index (κ1) is 16.9. The van der Waals surface area contributed by atoms with E-state index in [4.69, 9.17) is 5.84 Å². The van der Waals surface area contributed by atoms with Gasteiger partial charge < -0.3 is 0 Å². The fraction of sp³-hybridized carbons (Fsp3) is 0.625. The second kappa shape index (κ2) is 7.60. The molecule has 0 amide bonds. The average Bonchev–Trinajstić information content (AvgIpc) is 2.28. The molecule has 2 atom stereocenters. The van der Waals surface area contributed by atoms with Gasteiger partial charge in [-0.15, -0.1) is 0 Å². The van der Waals surface area contributed by atoms with Gasteiger partial charge in [-0.2, -0.15) is 0 Å². The van der Waals surface area contributed by atoms with Crippen LogP contribution < -0.4 is 11.3 Å². The molecule has 2 nitrogen and oxygen atoms in total. The summed E-state index contributed by atoms with van der Waals surface area (Å²) in [5, 5.41) is 0. The molecule has 0 saturated carbocycles. The van der Waals surface area contributed by atoms with Crippen molar-refractivity contribution in [2.75, 3.05) is 0 Å². The van der Waals surface area contributed by atoms with Crippen LogP contribution in [0, 0.1) is 14.9 Å². The molecule has 3 N–H and O–H groups in total. The Hall–Kier alpha value is -0.130. The molecule has 0 aliphatic rings. The van der Waals surface area contributed by atoms with Crippen LogP contribution in [-0.4, -0.2) is 6.04 Å². The molecule has 0 heterocycles. The topological polar surface area (TPSA) is 38.0 Å². The molecule has 1 rings (SSSR count). The molecule has 0 radical (unpaired) electrons. The van der Waals surface area contributed by atoms with Crippen LogP contribution in [0.2, 0.25) is 0 Å². The van der Waals surface area contributed by atoms with Crippen molar-refractivity contribution < 1.29 is 0 Å². The van der Waals surface area contributed by atoms with Crippen LogP contribution in [0.15, 0.2) is 24.3 Å². The first-order chi connectivity index (χ1) is 8.80. The van der Waals surface area contributed by atoms with E-state index < -0.39 is 0 Å². The minimum atomic E-state index is 0.359. The molecule has 0 saturated heterocycles. The maximum atomic E-state index is 5.71. The Kier molecular flexibility index (Phi) is 6.77. The molecule has 2 unspecified atom stereocenters. The number of benzene rings is 1. The summed E-state index contributed by atoms with van der Waals surface area (Å²) in [7, 11) is 0. The highest BCUT2D eigenvalue weighted by Gasteiger charge is 2.18. The van der Waals surface area contributed by atoms with E-state index in [0.29, 0.717) is 17.4 Å². The van der Waals surface area contributed by atoms with Gasteiger partial charge in [0.05, 0.1) is 0 Å². The number of halogens is 1. The van der Waals surface area contributed by atoms with Gasteiger partial charge in [0.25, 0.3) is 0 Å². The SMILES string of the molecule is CC(CC(Cc1ccc(I)cc1)NN)CC(C)(C)C. The molecule has 108 valence electrons. The van der Waals surface area contributed by atoms with Gasteiger partial charge in [-0.25, -0.2) is 0 Å². The lowest BCUT2D eigenvalue weighted by atomic mass is 9.82. The van der Waals surface area contributed by atoms with E-state index in [2.05, 4.69) is 80.0 Å². The summed E-state index contributed by atoms with van der Waals surface area (Å²) in [6, 6.07) is 9.06. The fourth-order valence-electron chi connectivity index (χ4n) is 2.73. The van der Waals surface area contributed by atoms with Gasteiger partial charge >= 0.3 is 0 Å². The minimum Gasteiger partial charge on any atom is -0.271 e. The Morgan fingerprint density at radius 2 is 1.79 bits per heavy atom. The smallest absolute Gasteiger partial charge is 0.0253 e. The number of rotatable bonds is 6. The zero-order valence-corrected chi connectivity index (χ0v) is 14.7. The van der Waals surface area contributed by atoms with E-state index in [1.807, 2.05) is 0 Å². The van der Waals surface area contributed by atoms with Crippen molar-refractivity contribution in [3.8, 4) is 0 Å². The van der Waals surface area contributed by atoms with Crippen molar-refractivity contribution in [2.24, 2.45) is 17.2 Å². The molecule has 0 bridgehead atoms. The van der Waals surface area contributed by atoms with Gasteiger partial charge in [0.1, 0.15) is 0 Å². The summed E-state index contributed by atoms with van der Waals surface area (Å²) in [5.74, 6) is 6.40. The zero-order valence-electron chi connectivity index (χ0n) is 12.5. The minimum absolute atomic E-state index is 0.359. The van der Waals surface area contributed by atoms with E-state index >= 15 is 0 Å². The Morgan fingerprint density at radius 1 is 1.21 bits per heavy atom. The first-order valence-corrected chi connectivity index (χ1v) is 8.08. The largest absolute Gasteiger partial charge is 0.271 e. The summed E-state index contributed by atoms with van der Waals surface area (Å²) in [6.07, 6.45) is 3.36. The van der Waals surface area contributed by atoms with Crippen molar-refractivity contribution >= 4 is 22.6 Å². The summed E-state index contributed by atoms with van der Waals surface area (Å²) in [6.45, 7) is 9.22. The third kappa shape index (κ3) is 7.28. The lowest BCUT2D eigenvalue weighted by Crippen LogP contribution is -2.38. The molecular weight excluding hydrogens is 347 g/mol. The van der Waals surface area contributed by atoms with Gasteiger partial charge in [0.2, 0.25) is 0 Å². The molecule has 0 fully saturated rings. The molecule has 0 aliphatic heterocycles. The third-order valence-corrected chi connectivity index (χ3v) is 4.00. The van der Waals surface area contributed by atoms with Gasteiger partial charge in [-0.05, 0) is 70.9 Å². The molecule has 0 spiro atoms. The quantitative estimate of drug-likeness (QED) is 0.447. The standard InChI is InChI=1S/C16H27IN2/c1-12(11-16(2,3)4)9-15(19-18)10-13-5-7-14(17)8-6-13/h5-8,12,15,19H,9-11,18H2,1-4H3. The number of hydrogen-bond donors (Lipinski definition) is 2. The Balaban J connectivity index is 2.51. The summed E-state index contributed by atoms with van der Waals surface area (Å²) >= 11 is 2.33. The fourth-order valence-corrected chi connectivity index (χ4v) is 3.09. The normalized spacial score (nSPS) is 15.3. The molecule has 19 heavy (non-hydrogen) atoms. The van der Waals surface area contributed by atoms with E-state index in [-0.39, 0.29) is 0 Å². The van der Waals surface area contributed by atoms with Crippen molar-refractivity contribution in [3.63, 3.8) is 0 Å². The van der Waals surface area contributed by atoms with E-state index in [9.17, 15) is 0 Å². The number of hydrazine groups is 1. The van der Waals surface area contributed by atoms with Crippen LogP contribution in [-0.2, 0) is 6.42 Å². The molecule has 0 aliphatic carbocycles. The predicted octanol–water partition coefficient (Wildman–Crippen LogP) is 4.13. The molecule has 3 heteroatoms. The summed E-state index contributed by atoms with van der Waals surface area (Å²) in [5.41, 5.74) is 4.72. The monoisotopic (exact) mass is 374 g/mol. The van der Waals surface area contributed by atoms with Gasteiger partial charge in [0.15, 0.2) is 0 Å². The molecule has 1 aromatic rings. The number of nitrogens with two attached hydrogens (primary N) is 1. The predicted molar refractivity (Wildman–Crippen MR) is 91.8 cm³/mol. The second-order valence-electron chi connectivity index (χ2n) is 6.80. The van der Waals surface area contributed by atoms with Crippen LogP contribution in [0.3, 0.4) is 0 Å². The summed E-state index contributed by atoms with van der Waals surface area (Å²) < 4.78 is 1.28. The van der Waals surface area contributed by atoms with Crippen LogP contribution in [0.1, 0.15) is 46.1 Å². The second-order valence-corrected chi connectivity index (χ2v) is 8.05. The highest BCUT2D eigenvalue weighted by Crippen LogP contribution is 2.27. The molecule has 0 aromatic heterocycles. The van der Waals surface area contributed by atoms with Crippen molar-refractivity contribution in [1.29, 1.82) is 0 Å². The highest BCUT2D eigenvalue weighted by molar-refractivity contribution is 14.1. The molecular formula is C16H27IN2. The van der Waals surface area contributed by atoms with Crippen LogP contribution >= 0.6 is 22.6 Å². The Labute approximate surface area is 131 Å². The van der Waals surface area contributed by atoms with E-state index in [0.717, 1.165) is 12.8 Å². The zero-order chi connectivity index (χ0) is 14.5. The van der Waals surface area contributed by atoms with Crippen LogP contribution in [0.25, 0.3) is 0 Å². The van der Waals surface area contributed by atoms with Gasteiger partial charge in [-0.1, -0.05) is 39.8 Å². The number of hydrogen-bond acceptors (Lipinski definition) is 2. The average molecular weight is 374 g/mol. The third-order valence-electron chi connectivity index (χ3n) is 3.28. The lowest BCUT2D eigenvalue weighted by molar-refractivity contribution is 0.274. The number of nitrogens with one attached hydrogen (secondary N) is 1. The summed E-state index contributed by atoms with van der Waals surface area (Å²) in [4.78, 5) is 0. The van der Waals surface area contributed by atoms with Crippen molar-refractivity contribution in [3.05, 3.63) is 33.4 Å². The van der Waals surface area contributed by atoms with Crippen molar-refractivity contribution in [2.45, 2.75) is 53.0 Å². The van der Waals surface area contributed by atoms with E-state index in [1.165, 1.54) is 15.6 Å². The van der Waals surface area contributed by atoms with Gasteiger partial charge in [-0.3, -0.25) is 11.3 Å². The lowest BCUT2D eigenvalue weighted by Gasteiger charge is -2.26. The molecule has 1 aromatic carbocycles. The maximum absolute atomic E-state index is 5.71. The van der Waals surface area contributed by atoms with E-state index in [1.54, 1.807) is 0 Å². The highest BCUT2D eigenvalue weighted by atomic mass is 127. The Morgan fingerprint density at radius 3 is 2.26 bits per heavy atom.